The normalized spacial score (nSPS) is 12.5. The maximum absolute atomic E-state index is 11.9. The Morgan fingerprint density at radius 1 is 0.718 bits per heavy atom. The molecule has 7 nitrogen and oxygen atoms in total. The van der Waals surface area contributed by atoms with E-state index in [2.05, 4.69) is 60.8 Å². The Labute approximate surface area is 236 Å². The van der Waals surface area contributed by atoms with E-state index in [1.165, 1.54) is 0 Å². The van der Waals surface area contributed by atoms with E-state index in [9.17, 15) is 19.2 Å². The maximum Gasteiger partial charge on any atom is 0.326 e. The molecule has 0 rings (SSSR count). The summed E-state index contributed by atoms with van der Waals surface area (Å²) >= 11 is 0. The Hall–Kier alpha value is -3.22. The topological polar surface area (TPSA) is 110 Å². The fourth-order valence-corrected chi connectivity index (χ4v) is 3.14. The molecule has 0 bridgehead atoms. The van der Waals surface area contributed by atoms with Crippen LogP contribution in [0.25, 0.3) is 0 Å². The van der Waals surface area contributed by atoms with Crippen LogP contribution in [-0.2, 0) is 23.9 Å². The Morgan fingerprint density at radius 3 is 1.64 bits per heavy atom. The van der Waals surface area contributed by atoms with Gasteiger partial charge < -0.3 is 15.2 Å². The van der Waals surface area contributed by atoms with Crippen LogP contribution in [0.4, 0.5) is 0 Å². The van der Waals surface area contributed by atoms with Gasteiger partial charge in [-0.25, -0.2) is 4.79 Å². The molecular formula is C32H51NO6. The molecule has 1 amide bonds. The van der Waals surface area contributed by atoms with Crippen LogP contribution in [0.1, 0.15) is 105 Å². The monoisotopic (exact) mass is 545 g/mol. The quantitative estimate of drug-likeness (QED) is 0.0714. The smallest absolute Gasteiger partial charge is 0.326 e. The Morgan fingerprint density at radius 2 is 1.18 bits per heavy atom. The number of esters is 2. The zero-order valence-electron chi connectivity index (χ0n) is 24.7. The average Bonchev–Trinajstić information content (AvgIpc) is 2.89. The number of carbonyl (C=O) groups excluding carboxylic acids is 3. The molecule has 0 aliphatic carbocycles. The Balaban J connectivity index is 0. The molecule has 1 atom stereocenters. The Kier molecular flexibility index (Phi) is 27.0. The molecule has 0 spiro atoms. The van der Waals surface area contributed by atoms with Crippen molar-refractivity contribution < 1.29 is 29.0 Å². The molecule has 39 heavy (non-hydrogen) atoms. The van der Waals surface area contributed by atoms with Crippen molar-refractivity contribution >= 4 is 23.8 Å². The molecule has 0 radical (unpaired) electrons. The molecule has 0 aromatic rings. The van der Waals surface area contributed by atoms with E-state index < -0.39 is 29.9 Å². The molecule has 0 aromatic carbocycles. The van der Waals surface area contributed by atoms with Crippen LogP contribution >= 0.6 is 0 Å². The third kappa shape index (κ3) is 27.6. The van der Waals surface area contributed by atoms with E-state index in [0.717, 1.165) is 32.1 Å². The lowest BCUT2D eigenvalue weighted by atomic mass is 10.0. The van der Waals surface area contributed by atoms with Gasteiger partial charge in [0, 0.05) is 12.8 Å². The van der Waals surface area contributed by atoms with Gasteiger partial charge in [-0.2, -0.15) is 0 Å². The van der Waals surface area contributed by atoms with Crippen molar-refractivity contribution in [1.29, 1.82) is 0 Å². The van der Waals surface area contributed by atoms with Gasteiger partial charge in [0.15, 0.2) is 0 Å². The van der Waals surface area contributed by atoms with Crippen molar-refractivity contribution in [3.8, 4) is 0 Å². The largest absolute Gasteiger partial charge is 0.480 e. The van der Waals surface area contributed by atoms with Gasteiger partial charge in [0.25, 0.3) is 0 Å². The predicted molar refractivity (Wildman–Crippen MR) is 159 cm³/mol. The fraction of sp³-hybridized carbons (Fsp3) is 0.562. The summed E-state index contributed by atoms with van der Waals surface area (Å²) in [4.78, 5) is 46.6. The predicted octanol–water partition coefficient (Wildman–Crippen LogP) is 7.40. The maximum atomic E-state index is 11.9. The van der Waals surface area contributed by atoms with E-state index in [1.807, 2.05) is 39.8 Å². The summed E-state index contributed by atoms with van der Waals surface area (Å²) in [6.07, 6.45) is 27.1. The van der Waals surface area contributed by atoms with Gasteiger partial charge in [0.05, 0.1) is 6.42 Å². The number of amides is 1. The van der Waals surface area contributed by atoms with Gasteiger partial charge in [-0.1, -0.05) is 95.4 Å². The highest BCUT2D eigenvalue weighted by Crippen LogP contribution is 2.06. The number of ether oxygens (including phenoxy) is 1. The molecule has 1 unspecified atom stereocenters. The number of hydrogen-bond donors (Lipinski definition) is 2. The number of rotatable bonds is 20. The standard InChI is InChI=1S/C30H45NO6.C2H6/c1-4-5-6-7-8-9-10-11-12-13-14-15-16-17-18-19-20-21-28(33)37-29(34)23-22-27(32)31-26(30(35)36)24-25(2)3;1-2/h5-6,8-9,11-12,14-15,17-18,25-26H,4,7,10,13,16,19-24H2,1-3H3,(H,31,32)(H,35,36);1-2H3/b6-5-,9-8-,12-11-,15-14-,18-17-;. The highest BCUT2D eigenvalue weighted by atomic mass is 16.6. The van der Waals surface area contributed by atoms with Crippen LogP contribution in [0.15, 0.2) is 60.8 Å². The first kappa shape index (κ1) is 37.9. The molecule has 0 fully saturated rings. The zero-order chi connectivity index (χ0) is 29.7. The molecule has 7 heteroatoms. The van der Waals surface area contributed by atoms with E-state index in [4.69, 9.17) is 9.84 Å². The van der Waals surface area contributed by atoms with Crippen molar-refractivity contribution in [3.63, 3.8) is 0 Å². The summed E-state index contributed by atoms with van der Waals surface area (Å²) < 4.78 is 4.72. The lowest BCUT2D eigenvalue weighted by Crippen LogP contribution is -2.41. The van der Waals surface area contributed by atoms with Crippen LogP contribution in [0.2, 0.25) is 0 Å². The van der Waals surface area contributed by atoms with Crippen LogP contribution in [0.3, 0.4) is 0 Å². The second kappa shape index (κ2) is 27.8. The van der Waals surface area contributed by atoms with E-state index in [1.54, 1.807) is 0 Å². The van der Waals surface area contributed by atoms with Crippen molar-refractivity contribution in [1.82, 2.24) is 5.32 Å². The van der Waals surface area contributed by atoms with Crippen molar-refractivity contribution in [2.24, 2.45) is 5.92 Å². The number of nitrogens with one attached hydrogen (secondary N) is 1. The van der Waals surface area contributed by atoms with Crippen LogP contribution in [0, 0.1) is 5.92 Å². The summed E-state index contributed by atoms with van der Waals surface area (Å²) in [5.74, 6) is -2.99. The van der Waals surface area contributed by atoms with Gasteiger partial charge >= 0.3 is 17.9 Å². The summed E-state index contributed by atoms with van der Waals surface area (Å²) in [5.41, 5.74) is 0. The molecule has 0 heterocycles. The van der Waals surface area contributed by atoms with Gasteiger partial charge in [-0.3, -0.25) is 14.4 Å². The van der Waals surface area contributed by atoms with Gasteiger partial charge in [0.2, 0.25) is 5.91 Å². The highest BCUT2D eigenvalue weighted by molar-refractivity contribution is 5.89. The van der Waals surface area contributed by atoms with Gasteiger partial charge in [0.1, 0.15) is 6.04 Å². The minimum Gasteiger partial charge on any atom is -0.480 e. The number of carboxylic acids is 1. The SMILES string of the molecule is CC.CC/C=C\C/C=C\C/C=C\C/C=C\C/C=C\CCCC(=O)OC(=O)CCC(=O)NC(CC(C)C)C(=O)O. The number of hydrogen-bond acceptors (Lipinski definition) is 5. The van der Waals surface area contributed by atoms with Gasteiger partial charge in [-0.15, -0.1) is 0 Å². The summed E-state index contributed by atoms with van der Waals surface area (Å²) in [5, 5.41) is 11.5. The fourth-order valence-electron chi connectivity index (χ4n) is 3.14. The van der Waals surface area contributed by atoms with Crippen molar-refractivity contribution in [2.45, 2.75) is 111 Å². The first-order valence-corrected chi connectivity index (χ1v) is 14.3. The first-order chi connectivity index (χ1) is 18.8. The van der Waals surface area contributed by atoms with E-state index >= 15 is 0 Å². The molecule has 0 saturated carbocycles. The lowest BCUT2D eigenvalue weighted by molar-refractivity contribution is -0.160. The van der Waals surface area contributed by atoms with Gasteiger partial charge in [-0.05, 0) is 57.3 Å². The molecule has 0 saturated heterocycles. The first-order valence-electron chi connectivity index (χ1n) is 14.3. The Bertz CT molecular complexity index is 821. The number of allylic oxidation sites excluding steroid dienone is 10. The summed E-state index contributed by atoms with van der Waals surface area (Å²) in [6, 6.07) is -0.999. The number of aliphatic carboxylic acids is 1. The van der Waals surface area contributed by atoms with E-state index in [-0.39, 0.29) is 25.2 Å². The molecule has 0 aliphatic heterocycles. The third-order valence-electron chi connectivity index (χ3n) is 5.03. The van der Waals surface area contributed by atoms with Crippen molar-refractivity contribution in [3.05, 3.63) is 60.8 Å². The summed E-state index contributed by atoms with van der Waals surface area (Å²) in [7, 11) is 0. The molecule has 220 valence electrons. The second-order valence-corrected chi connectivity index (χ2v) is 9.03. The minimum absolute atomic E-state index is 0.0959. The average molecular weight is 546 g/mol. The lowest BCUT2D eigenvalue weighted by Gasteiger charge is -2.16. The summed E-state index contributed by atoms with van der Waals surface area (Å²) in [6.45, 7) is 9.84. The number of carbonyl (C=O) groups is 4. The number of carboxylic acid groups (broad SMARTS) is 1. The minimum atomic E-state index is -1.12. The second-order valence-electron chi connectivity index (χ2n) is 9.03. The molecular weight excluding hydrogens is 494 g/mol. The van der Waals surface area contributed by atoms with Crippen LogP contribution < -0.4 is 5.32 Å². The number of unbranched alkanes of at least 4 members (excludes halogenated alkanes) is 1. The van der Waals surface area contributed by atoms with E-state index in [0.29, 0.717) is 19.3 Å². The third-order valence-corrected chi connectivity index (χ3v) is 5.03. The van der Waals surface area contributed by atoms with Crippen molar-refractivity contribution in [2.75, 3.05) is 0 Å². The zero-order valence-corrected chi connectivity index (χ0v) is 24.7. The molecule has 2 N–H and O–H groups in total. The highest BCUT2D eigenvalue weighted by Gasteiger charge is 2.21. The van der Waals surface area contributed by atoms with Crippen LogP contribution in [-0.4, -0.2) is 35.0 Å². The molecule has 0 aliphatic rings. The van der Waals surface area contributed by atoms with Crippen LogP contribution in [0.5, 0.6) is 0 Å². The molecule has 0 aromatic heterocycles.